The monoisotopic (exact) mass is 266 g/mol. The minimum absolute atomic E-state index is 0.0899. The number of nitrogens with one attached hydrogen (secondary N) is 1. The molecule has 110 valence electrons. The molecule has 1 heterocycles. The second-order valence-corrected chi connectivity index (χ2v) is 7.08. The third kappa shape index (κ3) is 3.71. The Morgan fingerprint density at radius 3 is 2.53 bits per heavy atom. The van der Waals surface area contributed by atoms with E-state index in [1.54, 1.807) is 0 Å². The van der Waals surface area contributed by atoms with E-state index in [0.717, 1.165) is 24.9 Å². The molecular weight excluding hydrogens is 236 g/mol. The van der Waals surface area contributed by atoms with Crippen molar-refractivity contribution in [3.8, 4) is 0 Å². The molecule has 0 aromatic carbocycles. The van der Waals surface area contributed by atoms with Gasteiger partial charge >= 0.3 is 0 Å². The van der Waals surface area contributed by atoms with Crippen LogP contribution in [0.4, 0.5) is 0 Å². The van der Waals surface area contributed by atoms with Gasteiger partial charge in [-0.25, -0.2) is 0 Å². The Morgan fingerprint density at radius 2 is 1.95 bits per heavy atom. The van der Waals surface area contributed by atoms with E-state index in [1.165, 1.54) is 51.6 Å². The van der Waals surface area contributed by atoms with Crippen molar-refractivity contribution in [2.75, 3.05) is 13.1 Å². The van der Waals surface area contributed by atoms with Crippen LogP contribution in [0.25, 0.3) is 0 Å². The van der Waals surface area contributed by atoms with Gasteiger partial charge in [-0.15, -0.1) is 0 Å². The summed E-state index contributed by atoms with van der Waals surface area (Å²) in [6.45, 7) is 4.57. The number of piperidine rings is 1. The Hall–Kier alpha value is -0.120. The third-order valence-corrected chi connectivity index (χ3v) is 5.28. The first kappa shape index (κ1) is 13.8. The summed E-state index contributed by atoms with van der Waals surface area (Å²) in [4.78, 5) is 2.72. The highest BCUT2D eigenvalue weighted by atomic mass is 16.3. The van der Waals surface area contributed by atoms with E-state index in [9.17, 15) is 5.11 Å². The van der Waals surface area contributed by atoms with Crippen molar-refractivity contribution < 1.29 is 5.11 Å². The molecule has 0 bridgehead atoms. The largest absolute Gasteiger partial charge is 0.393 e. The van der Waals surface area contributed by atoms with Crippen molar-refractivity contribution in [3.63, 3.8) is 0 Å². The molecule has 3 heteroatoms. The van der Waals surface area contributed by atoms with Gasteiger partial charge in [0.2, 0.25) is 0 Å². The molecular formula is C16H30N2O. The lowest BCUT2D eigenvalue weighted by Gasteiger charge is -2.46. The van der Waals surface area contributed by atoms with Crippen molar-refractivity contribution in [2.45, 2.75) is 82.5 Å². The molecule has 2 saturated carbocycles. The van der Waals surface area contributed by atoms with Gasteiger partial charge in [0, 0.05) is 31.2 Å². The van der Waals surface area contributed by atoms with Gasteiger partial charge in [-0.05, 0) is 50.9 Å². The molecule has 0 spiro atoms. The Kier molecular flexibility index (Phi) is 4.45. The minimum Gasteiger partial charge on any atom is -0.393 e. The molecule has 2 N–H and O–H groups in total. The van der Waals surface area contributed by atoms with E-state index < -0.39 is 0 Å². The summed E-state index contributed by atoms with van der Waals surface area (Å²) >= 11 is 0. The van der Waals surface area contributed by atoms with Gasteiger partial charge in [-0.2, -0.15) is 0 Å². The zero-order valence-corrected chi connectivity index (χ0v) is 12.4. The van der Waals surface area contributed by atoms with E-state index in [0.29, 0.717) is 12.0 Å². The van der Waals surface area contributed by atoms with Crippen molar-refractivity contribution in [1.82, 2.24) is 10.2 Å². The highest BCUT2D eigenvalue weighted by Gasteiger charge is 2.36. The first-order valence-corrected chi connectivity index (χ1v) is 8.42. The molecule has 19 heavy (non-hydrogen) atoms. The van der Waals surface area contributed by atoms with Crippen molar-refractivity contribution >= 4 is 0 Å². The van der Waals surface area contributed by atoms with Gasteiger partial charge < -0.3 is 10.4 Å². The summed E-state index contributed by atoms with van der Waals surface area (Å²) in [5.41, 5.74) is 0. The molecule has 3 fully saturated rings. The Balaban J connectivity index is 1.55. The zero-order chi connectivity index (χ0) is 13.2. The maximum absolute atomic E-state index is 9.95. The Bertz CT molecular complexity index is 288. The number of hydrogen-bond acceptors (Lipinski definition) is 3. The first-order valence-electron chi connectivity index (χ1n) is 8.42. The van der Waals surface area contributed by atoms with Gasteiger partial charge in [0.25, 0.3) is 0 Å². The number of aliphatic hydroxyl groups is 1. The van der Waals surface area contributed by atoms with Crippen LogP contribution in [0.3, 0.4) is 0 Å². The highest BCUT2D eigenvalue weighted by molar-refractivity contribution is 4.93. The average molecular weight is 266 g/mol. The molecule has 3 rings (SSSR count). The number of hydrogen-bond donors (Lipinski definition) is 2. The van der Waals surface area contributed by atoms with Crippen LogP contribution >= 0.6 is 0 Å². The Labute approximate surface area is 117 Å². The normalized spacial score (nSPS) is 35.1. The van der Waals surface area contributed by atoms with Gasteiger partial charge in [-0.3, -0.25) is 4.90 Å². The lowest BCUT2D eigenvalue weighted by molar-refractivity contribution is 0.0369. The second-order valence-electron chi connectivity index (χ2n) is 7.08. The minimum atomic E-state index is -0.0899. The SMILES string of the molecule is CCC(O)CC1CC(NC2CC2)CN(C2CCC2)C1. The molecule has 0 aromatic heterocycles. The van der Waals surface area contributed by atoms with Crippen LogP contribution in [-0.4, -0.2) is 47.3 Å². The molecule has 2 aliphatic carbocycles. The molecule has 3 aliphatic rings. The smallest absolute Gasteiger partial charge is 0.0540 e. The lowest BCUT2D eigenvalue weighted by atomic mass is 9.84. The number of aliphatic hydroxyl groups excluding tert-OH is 1. The van der Waals surface area contributed by atoms with Gasteiger partial charge in [0.15, 0.2) is 0 Å². The van der Waals surface area contributed by atoms with E-state index in [-0.39, 0.29) is 6.10 Å². The molecule has 0 radical (unpaired) electrons. The number of likely N-dealkylation sites (tertiary alicyclic amines) is 1. The van der Waals surface area contributed by atoms with Crippen LogP contribution in [0.2, 0.25) is 0 Å². The van der Waals surface area contributed by atoms with Crippen LogP contribution in [-0.2, 0) is 0 Å². The van der Waals surface area contributed by atoms with Crippen LogP contribution in [0.1, 0.15) is 58.3 Å². The van der Waals surface area contributed by atoms with Gasteiger partial charge in [0.1, 0.15) is 0 Å². The summed E-state index contributed by atoms with van der Waals surface area (Å²) in [6, 6.07) is 2.34. The molecule has 3 unspecified atom stereocenters. The maximum Gasteiger partial charge on any atom is 0.0540 e. The van der Waals surface area contributed by atoms with E-state index >= 15 is 0 Å². The summed E-state index contributed by atoms with van der Waals surface area (Å²) < 4.78 is 0. The molecule has 0 amide bonds. The van der Waals surface area contributed by atoms with Crippen LogP contribution in [0.15, 0.2) is 0 Å². The molecule has 3 atom stereocenters. The lowest BCUT2D eigenvalue weighted by Crippen LogP contribution is -2.55. The van der Waals surface area contributed by atoms with Crippen LogP contribution in [0.5, 0.6) is 0 Å². The maximum atomic E-state index is 9.95. The van der Waals surface area contributed by atoms with Crippen molar-refractivity contribution in [2.24, 2.45) is 5.92 Å². The van der Waals surface area contributed by atoms with E-state index in [4.69, 9.17) is 0 Å². The fraction of sp³-hybridized carbons (Fsp3) is 1.00. The van der Waals surface area contributed by atoms with E-state index in [2.05, 4.69) is 17.1 Å². The average Bonchev–Trinajstić information content (AvgIpc) is 3.10. The summed E-state index contributed by atoms with van der Waals surface area (Å²) in [6.07, 6.45) is 10.1. The van der Waals surface area contributed by atoms with Crippen molar-refractivity contribution in [3.05, 3.63) is 0 Å². The zero-order valence-electron chi connectivity index (χ0n) is 12.4. The molecule has 1 saturated heterocycles. The topological polar surface area (TPSA) is 35.5 Å². The summed E-state index contributed by atoms with van der Waals surface area (Å²) in [7, 11) is 0. The molecule has 1 aliphatic heterocycles. The van der Waals surface area contributed by atoms with Gasteiger partial charge in [-0.1, -0.05) is 13.3 Å². The molecule has 3 nitrogen and oxygen atoms in total. The van der Waals surface area contributed by atoms with E-state index in [1.807, 2.05) is 0 Å². The molecule has 0 aromatic rings. The van der Waals surface area contributed by atoms with Crippen molar-refractivity contribution in [1.29, 1.82) is 0 Å². The quantitative estimate of drug-likeness (QED) is 0.773. The number of nitrogens with zero attached hydrogens (tertiary/aromatic N) is 1. The fourth-order valence-electron chi connectivity index (χ4n) is 3.72. The summed E-state index contributed by atoms with van der Waals surface area (Å²) in [5, 5.41) is 13.8. The Morgan fingerprint density at radius 1 is 1.16 bits per heavy atom. The second kappa shape index (κ2) is 6.11. The number of rotatable bonds is 6. The first-order chi connectivity index (χ1) is 9.24. The fourth-order valence-corrected chi connectivity index (χ4v) is 3.72. The summed E-state index contributed by atoms with van der Waals surface area (Å²) in [5.74, 6) is 0.695. The standard InChI is InChI=1S/C16H30N2O/c1-2-16(19)9-12-8-14(17-13-6-7-13)11-18(10-12)15-4-3-5-15/h12-17,19H,2-11H2,1H3. The van der Waals surface area contributed by atoms with Crippen LogP contribution < -0.4 is 5.32 Å². The highest BCUT2D eigenvalue weighted by Crippen LogP contribution is 2.32. The van der Waals surface area contributed by atoms with Crippen LogP contribution in [0, 0.1) is 5.92 Å². The predicted molar refractivity (Wildman–Crippen MR) is 78.2 cm³/mol. The predicted octanol–water partition coefficient (Wildman–Crippen LogP) is 2.14. The third-order valence-electron chi connectivity index (χ3n) is 5.28. The van der Waals surface area contributed by atoms with Gasteiger partial charge in [0.05, 0.1) is 6.10 Å².